The summed E-state index contributed by atoms with van der Waals surface area (Å²) in [7, 11) is -8.18. The van der Waals surface area contributed by atoms with Crippen LogP contribution in [0.25, 0.3) is 0 Å². The van der Waals surface area contributed by atoms with Crippen LogP contribution in [0, 0.1) is 16.7 Å². The van der Waals surface area contributed by atoms with Crippen molar-refractivity contribution in [1.29, 1.82) is 0 Å². The molecule has 414 valence electrons. The first kappa shape index (κ1) is 59.9. The lowest BCUT2D eigenvalue weighted by molar-refractivity contribution is -0.346. The second-order valence-electron chi connectivity index (χ2n) is 24.3. The third-order valence-electron chi connectivity index (χ3n) is 19.2. The molecule has 1 aromatic rings. The van der Waals surface area contributed by atoms with Gasteiger partial charge in [0.05, 0.1) is 30.1 Å². The molecule has 0 spiro atoms. The molecule has 74 heavy (non-hydrogen) atoms. The second-order valence-corrected chi connectivity index (χ2v) is 38.5. The highest BCUT2D eigenvalue weighted by atomic mass is 28.4. The molecule has 1 aromatic carbocycles. The highest BCUT2D eigenvalue weighted by Gasteiger charge is 2.79. The minimum Gasteiger partial charge on any atom is -0.459 e. The molecule has 5 aliphatic rings. The van der Waals surface area contributed by atoms with Gasteiger partial charge in [-0.1, -0.05) is 119 Å². The molecule has 17 heteroatoms. The number of allylic oxidation sites excluding steroid dienone is 2. The van der Waals surface area contributed by atoms with E-state index in [1.807, 2.05) is 83.3 Å². The summed E-state index contributed by atoms with van der Waals surface area (Å²) in [4.78, 5) is 75.2. The number of ether oxygens (including phenoxy) is 4. The van der Waals surface area contributed by atoms with E-state index in [4.69, 9.17) is 32.2 Å². The fourth-order valence-corrected chi connectivity index (χ4v) is 19.7. The lowest BCUT2D eigenvalue weighted by Gasteiger charge is -2.68. The standard InChI is InChI=1S/C57H91NO13Si3/c1-17-73(18-2,19-3)69-41-34-42-56(36-65-42,68-38(8)59)49-51-57(64)35-40(37(7)45(54(57,12)13)47(50(62)55(41,49)14)71-74(20-4,21-5)22-6)66-52(63)48(70-72(15,16)53(9,10)11)46(39-30-26-25-27-31-39)58-43(60)32-28-23-24-29-33-44(61)67-51/h23-27,30-31,40-42,46-49,51,64H,17-22,28-29,32-36H2,1-16H3,(H,58,60)/b24-23-/t40-,41-,42+,46-,47+,48+,49-,51-,55+,56-,57+/m0/s1. The smallest absolute Gasteiger partial charge is 0.337 e. The van der Waals surface area contributed by atoms with Crippen LogP contribution in [-0.4, -0.2) is 114 Å². The van der Waals surface area contributed by atoms with Crippen LogP contribution in [0.2, 0.25) is 54.4 Å². The van der Waals surface area contributed by atoms with Gasteiger partial charge in [-0.15, -0.1) is 0 Å². The van der Waals surface area contributed by atoms with E-state index in [2.05, 4.69) is 67.6 Å². The lowest BCUT2D eigenvalue weighted by atomic mass is 9.44. The van der Waals surface area contributed by atoms with Crippen LogP contribution in [0.3, 0.4) is 0 Å². The van der Waals surface area contributed by atoms with Gasteiger partial charge in [-0.2, -0.15) is 0 Å². The molecule has 3 fully saturated rings. The summed E-state index contributed by atoms with van der Waals surface area (Å²) in [5, 5.41) is 17.3. The summed E-state index contributed by atoms with van der Waals surface area (Å²) in [6.45, 7) is 31.6. The zero-order valence-corrected chi connectivity index (χ0v) is 50.7. The van der Waals surface area contributed by atoms with Gasteiger partial charge in [0.25, 0.3) is 0 Å². The largest absolute Gasteiger partial charge is 0.459 e. The fraction of sp³-hybridized carbons (Fsp3) is 0.737. The van der Waals surface area contributed by atoms with Gasteiger partial charge in [0.2, 0.25) is 5.91 Å². The Kier molecular flexibility index (Phi) is 18.3. The molecule has 0 radical (unpaired) electrons. The fourth-order valence-electron chi connectivity index (χ4n) is 12.8. The number of carbonyl (C=O) groups excluding carboxylic acids is 5. The Balaban J connectivity index is 1.73. The van der Waals surface area contributed by atoms with Crippen LogP contribution in [0.15, 0.2) is 53.6 Å². The highest BCUT2D eigenvalue weighted by molar-refractivity contribution is 6.74. The number of amides is 1. The van der Waals surface area contributed by atoms with Gasteiger partial charge >= 0.3 is 17.9 Å². The van der Waals surface area contributed by atoms with Crippen molar-refractivity contribution in [1.82, 2.24) is 5.32 Å². The monoisotopic (exact) mass is 1080 g/mol. The van der Waals surface area contributed by atoms with Crippen LogP contribution in [0.1, 0.15) is 147 Å². The third-order valence-corrected chi connectivity index (χ3v) is 32.9. The molecule has 3 aliphatic carbocycles. The minimum absolute atomic E-state index is 0.0981. The normalized spacial score (nSPS) is 33.8. The van der Waals surface area contributed by atoms with Gasteiger partial charge in [-0.05, 0) is 97.8 Å². The van der Waals surface area contributed by atoms with E-state index < -0.39 is 113 Å². The molecular weight excluding hydrogens is 991 g/mol. The van der Waals surface area contributed by atoms with Gasteiger partial charge in [-0.3, -0.25) is 19.2 Å². The Labute approximate surface area is 445 Å². The first-order chi connectivity index (χ1) is 34.6. The molecule has 2 aliphatic heterocycles. The third kappa shape index (κ3) is 10.8. The maximum atomic E-state index is 17.1. The Hall–Kier alpha value is -3.30. The highest BCUT2D eigenvalue weighted by Crippen LogP contribution is 2.65. The van der Waals surface area contributed by atoms with Gasteiger partial charge in [-0.25, -0.2) is 4.79 Å². The number of nitrogens with one attached hydrogen (secondary N) is 1. The lowest BCUT2D eigenvalue weighted by Crippen LogP contribution is -2.82. The average Bonchev–Trinajstić information content (AvgIpc) is 3.34. The first-order valence-electron chi connectivity index (χ1n) is 27.8. The van der Waals surface area contributed by atoms with Crippen molar-refractivity contribution in [3.8, 4) is 0 Å². The van der Waals surface area contributed by atoms with Gasteiger partial charge < -0.3 is 42.6 Å². The zero-order valence-electron chi connectivity index (χ0n) is 47.7. The van der Waals surface area contributed by atoms with Crippen molar-refractivity contribution in [2.45, 2.75) is 244 Å². The van der Waals surface area contributed by atoms with Crippen LogP contribution in [0.5, 0.6) is 0 Å². The molecule has 3 bridgehead atoms. The number of carbonyl (C=O) groups is 5. The van der Waals surface area contributed by atoms with E-state index in [1.165, 1.54) is 6.92 Å². The van der Waals surface area contributed by atoms with E-state index in [1.54, 1.807) is 0 Å². The zero-order chi connectivity index (χ0) is 55.0. The van der Waals surface area contributed by atoms with Crippen LogP contribution < -0.4 is 5.32 Å². The molecule has 2 heterocycles. The van der Waals surface area contributed by atoms with Crippen molar-refractivity contribution in [2.75, 3.05) is 6.61 Å². The first-order valence-corrected chi connectivity index (χ1v) is 35.7. The van der Waals surface area contributed by atoms with E-state index in [0.29, 0.717) is 41.3 Å². The molecule has 0 unspecified atom stereocenters. The Morgan fingerprint density at radius 3 is 1.92 bits per heavy atom. The molecular formula is C57H91NO13Si3. The molecule has 2 saturated carbocycles. The van der Waals surface area contributed by atoms with Crippen molar-refractivity contribution >= 4 is 54.6 Å². The Morgan fingerprint density at radius 2 is 1.39 bits per heavy atom. The number of Topliss-reactive ketones (excluding diaryl/α,β-unsaturated/α-hetero) is 1. The molecule has 2 N–H and O–H groups in total. The molecule has 1 amide bonds. The number of hydrogen-bond acceptors (Lipinski definition) is 13. The SMILES string of the molecule is CC[Si](CC)(CC)O[C@H]1C(=O)[C@]2(C)[C@@H](O[Si](CC)(CC)CC)C[C@H]3OC[C@@]3(OC(C)=O)[C@H]2[C@@H]2OC(=O)CC/C=C\CCC(=O)N[C@@H](c3ccccc3)[C@@H](O[Si](C)(C)C(C)(C)C)C(=O)O[C@H]3C[C@]2(O)C(C)(C)C1=C3C. The van der Waals surface area contributed by atoms with E-state index in [-0.39, 0.29) is 55.4 Å². The number of benzene rings is 1. The second kappa shape index (κ2) is 22.6. The maximum Gasteiger partial charge on any atom is 0.337 e. The van der Waals surface area contributed by atoms with Crippen molar-refractivity contribution in [3.63, 3.8) is 0 Å². The van der Waals surface area contributed by atoms with Crippen molar-refractivity contribution < 1.29 is 61.3 Å². The number of hydrogen-bond donors (Lipinski definition) is 2. The summed E-state index contributed by atoms with van der Waals surface area (Å²) in [5.74, 6) is -3.89. The number of aliphatic hydroxyl groups is 1. The molecule has 0 aromatic heterocycles. The number of esters is 3. The molecule has 1 saturated heterocycles. The summed E-state index contributed by atoms with van der Waals surface area (Å²) in [6.07, 6.45) is -2.81. The van der Waals surface area contributed by atoms with Crippen molar-refractivity contribution in [2.24, 2.45) is 16.7 Å². The maximum absolute atomic E-state index is 17.1. The van der Waals surface area contributed by atoms with Gasteiger partial charge in [0, 0.05) is 38.0 Å². The van der Waals surface area contributed by atoms with Crippen molar-refractivity contribution in [3.05, 3.63) is 59.2 Å². The van der Waals surface area contributed by atoms with Crippen LogP contribution >= 0.6 is 0 Å². The number of fused-ring (bicyclic) bond motifs is 6. The summed E-state index contributed by atoms with van der Waals surface area (Å²) in [5.41, 5.74) is -5.10. The van der Waals surface area contributed by atoms with Gasteiger partial charge in [0.15, 0.2) is 42.4 Å². The quantitative estimate of drug-likeness (QED) is 0.0778. The average molecular weight is 1080 g/mol. The summed E-state index contributed by atoms with van der Waals surface area (Å²) >= 11 is 0. The van der Waals surface area contributed by atoms with E-state index >= 15 is 9.59 Å². The number of rotatable bonds is 14. The van der Waals surface area contributed by atoms with Gasteiger partial charge in [0.1, 0.15) is 30.0 Å². The predicted molar refractivity (Wildman–Crippen MR) is 292 cm³/mol. The summed E-state index contributed by atoms with van der Waals surface area (Å²) in [6, 6.07) is 12.7. The minimum atomic E-state index is -2.84. The predicted octanol–water partition coefficient (Wildman–Crippen LogP) is 10.8. The Bertz CT molecular complexity index is 2270. The summed E-state index contributed by atoms with van der Waals surface area (Å²) < 4.78 is 49.0. The van der Waals surface area contributed by atoms with E-state index in [0.717, 1.165) is 18.1 Å². The Morgan fingerprint density at radius 1 is 0.824 bits per heavy atom. The molecule has 6 rings (SSSR count). The molecule has 14 nitrogen and oxygen atoms in total. The van der Waals surface area contributed by atoms with E-state index in [9.17, 15) is 19.5 Å². The topological polar surface area (TPSA) is 182 Å². The number of ketones is 1. The van der Waals surface area contributed by atoms with Crippen LogP contribution in [-0.2, 0) is 56.2 Å². The molecule has 11 atom stereocenters. The van der Waals surface area contributed by atoms with Crippen LogP contribution in [0.4, 0.5) is 0 Å².